The van der Waals surface area contributed by atoms with Gasteiger partial charge in [-0.25, -0.2) is 4.79 Å². The highest BCUT2D eigenvalue weighted by Crippen LogP contribution is 2.34. The predicted molar refractivity (Wildman–Crippen MR) is 99.4 cm³/mol. The number of benzene rings is 1. The molecule has 28 heavy (non-hydrogen) atoms. The predicted octanol–water partition coefficient (Wildman–Crippen LogP) is 3.45. The average molecular weight is 412 g/mol. The number of anilines is 1. The molecular formula is C18H18F2N2O5S. The topological polar surface area (TPSA) is 93.7 Å². The van der Waals surface area contributed by atoms with Gasteiger partial charge in [-0.3, -0.25) is 9.59 Å². The van der Waals surface area contributed by atoms with Crippen molar-refractivity contribution < 1.29 is 32.6 Å². The summed E-state index contributed by atoms with van der Waals surface area (Å²) >= 11 is 0.882. The maximum atomic E-state index is 12.6. The van der Waals surface area contributed by atoms with Crippen LogP contribution < -0.4 is 15.4 Å². The van der Waals surface area contributed by atoms with Crippen LogP contribution in [0.2, 0.25) is 0 Å². The molecule has 150 valence electrons. The first-order chi connectivity index (χ1) is 13.3. The summed E-state index contributed by atoms with van der Waals surface area (Å²) in [4.78, 5) is 37.2. The second-order valence-corrected chi connectivity index (χ2v) is 6.41. The summed E-state index contributed by atoms with van der Waals surface area (Å²) in [5.74, 6) is -2.23. The molecule has 0 aliphatic carbocycles. The lowest BCUT2D eigenvalue weighted by atomic mass is 10.1. The molecule has 7 nitrogen and oxygen atoms in total. The average Bonchev–Trinajstić information content (AvgIpc) is 2.97. The zero-order valence-electron chi connectivity index (χ0n) is 15.3. The number of carbonyl (C=O) groups excluding carboxylic acids is 3. The maximum absolute atomic E-state index is 12.6. The number of halogens is 2. The van der Waals surface area contributed by atoms with Gasteiger partial charge >= 0.3 is 12.6 Å². The molecule has 0 aliphatic heterocycles. The third-order valence-electron chi connectivity index (χ3n) is 3.63. The highest BCUT2D eigenvalue weighted by molar-refractivity contribution is 7.18. The molecule has 0 atom stereocenters. The number of hydrogen-bond acceptors (Lipinski definition) is 6. The molecule has 0 bridgehead atoms. The zero-order valence-corrected chi connectivity index (χ0v) is 16.1. The van der Waals surface area contributed by atoms with Crippen LogP contribution in [0.15, 0.2) is 24.3 Å². The molecule has 0 fully saturated rings. The van der Waals surface area contributed by atoms with Gasteiger partial charge in [0.25, 0.3) is 11.8 Å². The molecule has 0 unspecified atom stereocenters. The molecule has 1 aromatic carbocycles. The number of para-hydroxylation sites is 1. The van der Waals surface area contributed by atoms with Gasteiger partial charge in [0.05, 0.1) is 22.6 Å². The van der Waals surface area contributed by atoms with Crippen molar-refractivity contribution in [2.45, 2.75) is 20.5 Å². The number of carbonyl (C=O) groups is 3. The molecule has 0 saturated heterocycles. The van der Waals surface area contributed by atoms with Crippen LogP contribution in [-0.2, 0) is 4.74 Å². The Labute approximate surface area is 163 Å². The fraction of sp³-hybridized carbons (Fsp3) is 0.278. The third-order valence-corrected chi connectivity index (χ3v) is 4.84. The van der Waals surface area contributed by atoms with Crippen LogP contribution in [0.5, 0.6) is 5.75 Å². The van der Waals surface area contributed by atoms with Crippen LogP contribution in [0.4, 0.5) is 13.8 Å². The van der Waals surface area contributed by atoms with Crippen LogP contribution in [-0.4, -0.2) is 38.0 Å². The van der Waals surface area contributed by atoms with Gasteiger partial charge in [-0.2, -0.15) is 8.78 Å². The molecule has 0 aliphatic rings. The lowest BCUT2D eigenvalue weighted by Gasteiger charge is -2.11. The summed E-state index contributed by atoms with van der Waals surface area (Å²) in [7, 11) is 1.43. The van der Waals surface area contributed by atoms with Crippen LogP contribution in [0.3, 0.4) is 0 Å². The molecule has 2 amide bonds. The van der Waals surface area contributed by atoms with Gasteiger partial charge < -0.3 is 20.1 Å². The molecule has 0 spiro atoms. The fourth-order valence-corrected chi connectivity index (χ4v) is 3.54. The molecule has 0 saturated carbocycles. The first-order valence-electron chi connectivity index (χ1n) is 8.17. The largest absolute Gasteiger partial charge is 0.462 e. The minimum atomic E-state index is -3.10. The van der Waals surface area contributed by atoms with Crippen molar-refractivity contribution in [2.24, 2.45) is 0 Å². The van der Waals surface area contributed by atoms with E-state index < -0.39 is 24.4 Å². The van der Waals surface area contributed by atoms with Crippen LogP contribution in [0, 0.1) is 6.92 Å². The molecule has 2 rings (SSSR count). The van der Waals surface area contributed by atoms with Gasteiger partial charge in [-0.05, 0) is 31.5 Å². The molecule has 2 N–H and O–H groups in total. The number of nitrogens with one attached hydrogen (secondary N) is 2. The van der Waals surface area contributed by atoms with Crippen molar-refractivity contribution in [3.63, 3.8) is 0 Å². The van der Waals surface area contributed by atoms with E-state index in [1.54, 1.807) is 13.8 Å². The smallest absolute Gasteiger partial charge is 0.387 e. The van der Waals surface area contributed by atoms with E-state index in [4.69, 9.17) is 4.74 Å². The van der Waals surface area contributed by atoms with Gasteiger partial charge in [0.2, 0.25) is 0 Å². The van der Waals surface area contributed by atoms with E-state index in [1.807, 2.05) is 0 Å². The Hall–Kier alpha value is -3.01. The molecule has 1 aromatic heterocycles. The van der Waals surface area contributed by atoms with E-state index >= 15 is 0 Å². The molecule has 2 aromatic rings. The van der Waals surface area contributed by atoms with Crippen molar-refractivity contribution in [1.82, 2.24) is 5.32 Å². The number of ether oxygens (including phenoxy) is 2. The number of hydrogen-bond donors (Lipinski definition) is 2. The monoisotopic (exact) mass is 412 g/mol. The maximum Gasteiger partial charge on any atom is 0.387 e. The van der Waals surface area contributed by atoms with Gasteiger partial charge in [-0.1, -0.05) is 12.1 Å². The summed E-state index contributed by atoms with van der Waals surface area (Å²) in [5, 5.41) is 5.02. The summed E-state index contributed by atoms with van der Waals surface area (Å²) in [5.41, 5.74) is 0.228. The van der Waals surface area contributed by atoms with Crippen LogP contribution >= 0.6 is 11.3 Å². The van der Waals surface area contributed by atoms with Crippen LogP contribution in [0.1, 0.15) is 42.9 Å². The molecule has 1 heterocycles. The number of rotatable bonds is 7. The first-order valence-corrected chi connectivity index (χ1v) is 8.99. The number of esters is 1. The van der Waals surface area contributed by atoms with E-state index in [9.17, 15) is 23.2 Å². The Morgan fingerprint density at radius 3 is 2.46 bits per heavy atom. The van der Waals surface area contributed by atoms with E-state index in [1.165, 1.54) is 31.3 Å². The number of thiophene rings is 1. The van der Waals surface area contributed by atoms with E-state index in [-0.39, 0.29) is 33.4 Å². The van der Waals surface area contributed by atoms with E-state index in [2.05, 4.69) is 15.4 Å². The summed E-state index contributed by atoms with van der Waals surface area (Å²) in [6, 6.07) is 5.45. The summed E-state index contributed by atoms with van der Waals surface area (Å²) in [6.45, 7) is 0.168. The standard InChI is InChI=1S/C18H18F2N2O5S/c1-4-26-17(25)12-9(2)13(15(24)21-3)28-16(12)22-14(23)10-7-5-6-8-11(10)27-18(19)20/h5-8,18H,4H2,1-3H3,(H,21,24)(H,22,23). The SMILES string of the molecule is CCOC(=O)c1c(NC(=O)c2ccccc2OC(F)F)sc(C(=O)NC)c1C. The lowest BCUT2D eigenvalue weighted by Crippen LogP contribution is -2.18. The molecule has 0 radical (unpaired) electrons. The number of alkyl halides is 2. The lowest BCUT2D eigenvalue weighted by molar-refractivity contribution is -0.0501. The highest BCUT2D eigenvalue weighted by Gasteiger charge is 2.27. The second kappa shape index (κ2) is 9.27. The van der Waals surface area contributed by atoms with Crippen molar-refractivity contribution in [2.75, 3.05) is 19.0 Å². The second-order valence-electron chi connectivity index (χ2n) is 5.39. The quantitative estimate of drug-likeness (QED) is 0.680. The molecule has 10 heteroatoms. The third kappa shape index (κ3) is 4.63. The van der Waals surface area contributed by atoms with Gasteiger partial charge in [0.1, 0.15) is 10.8 Å². The van der Waals surface area contributed by atoms with E-state index in [0.717, 1.165) is 11.3 Å². The molecular weight excluding hydrogens is 394 g/mol. The van der Waals surface area contributed by atoms with Gasteiger partial charge in [-0.15, -0.1) is 11.3 Å². The Bertz CT molecular complexity index is 898. The first kappa shape index (κ1) is 21.3. The Balaban J connectivity index is 2.44. The highest BCUT2D eigenvalue weighted by atomic mass is 32.1. The summed E-state index contributed by atoms with van der Waals surface area (Å²) in [6.07, 6.45) is 0. The minimum absolute atomic E-state index is 0.0334. The number of amides is 2. The van der Waals surface area contributed by atoms with Crippen molar-refractivity contribution in [3.05, 3.63) is 45.8 Å². The van der Waals surface area contributed by atoms with Crippen molar-refractivity contribution in [1.29, 1.82) is 0 Å². The Morgan fingerprint density at radius 1 is 1.18 bits per heavy atom. The van der Waals surface area contributed by atoms with Crippen molar-refractivity contribution in [3.8, 4) is 5.75 Å². The van der Waals surface area contributed by atoms with Crippen molar-refractivity contribution >= 4 is 34.1 Å². The minimum Gasteiger partial charge on any atom is -0.462 e. The zero-order chi connectivity index (χ0) is 20.8. The van der Waals surface area contributed by atoms with Gasteiger partial charge in [0.15, 0.2) is 0 Å². The summed E-state index contributed by atoms with van der Waals surface area (Å²) < 4.78 is 34.5. The Kier molecular flexibility index (Phi) is 7.05. The van der Waals surface area contributed by atoms with Crippen LogP contribution in [0.25, 0.3) is 0 Å². The van der Waals surface area contributed by atoms with Gasteiger partial charge in [0, 0.05) is 7.05 Å². The Morgan fingerprint density at radius 2 is 1.86 bits per heavy atom. The van der Waals surface area contributed by atoms with E-state index in [0.29, 0.717) is 5.56 Å². The normalized spacial score (nSPS) is 10.5. The fourth-order valence-electron chi connectivity index (χ4n) is 2.40.